The Bertz CT molecular complexity index is 1060. The van der Waals surface area contributed by atoms with Crippen LogP contribution < -0.4 is 5.32 Å². The Morgan fingerprint density at radius 3 is 2.63 bits per heavy atom. The lowest BCUT2D eigenvalue weighted by Gasteiger charge is -2.20. The molecular formula is C20H23N7. The highest BCUT2D eigenvalue weighted by molar-refractivity contribution is 5.76. The van der Waals surface area contributed by atoms with Crippen LogP contribution in [0.15, 0.2) is 42.7 Å². The molecule has 0 amide bonds. The number of anilines is 1. The summed E-state index contributed by atoms with van der Waals surface area (Å²) in [4.78, 5) is 12.5. The van der Waals surface area contributed by atoms with Crippen molar-refractivity contribution in [2.24, 2.45) is 13.0 Å². The van der Waals surface area contributed by atoms with Gasteiger partial charge in [-0.3, -0.25) is 0 Å². The van der Waals surface area contributed by atoms with Gasteiger partial charge in [0.1, 0.15) is 17.3 Å². The molecule has 0 spiro atoms. The molecule has 1 aromatic carbocycles. The number of H-pyrrole nitrogens is 1. The molecule has 0 fully saturated rings. The van der Waals surface area contributed by atoms with E-state index in [2.05, 4.69) is 58.4 Å². The Kier molecular flexibility index (Phi) is 4.35. The number of hydrogen-bond donors (Lipinski definition) is 2. The molecule has 7 heteroatoms. The monoisotopic (exact) mass is 361 g/mol. The Balaban J connectivity index is 1.60. The van der Waals surface area contributed by atoms with E-state index in [1.165, 1.54) is 5.56 Å². The molecule has 2 N–H and O–H groups in total. The number of nitrogens with one attached hydrogen (secondary N) is 2. The smallest absolute Gasteiger partial charge is 0.160 e. The van der Waals surface area contributed by atoms with E-state index in [9.17, 15) is 0 Å². The second-order valence-corrected chi connectivity index (χ2v) is 7.17. The summed E-state index contributed by atoms with van der Waals surface area (Å²) in [5.41, 5.74) is 3.98. The molecule has 4 rings (SSSR count). The zero-order valence-corrected chi connectivity index (χ0v) is 15.9. The molecule has 0 aliphatic rings. The van der Waals surface area contributed by atoms with Gasteiger partial charge in [0.2, 0.25) is 0 Å². The predicted octanol–water partition coefficient (Wildman–Crippen LogP) is 3.87. The standard InChI is InChI=1S/C20H23N7/c1-12(2)18(19-22-14-6-5-13(3)11-16(14)23-19)24-17-8-7-15(25-26-17)20-21-9-10-27(20)4/h5-12,18H,1-4H3,(H,22,23)(H,24,26)/t18-/m0/s1. The van der Waals surface area contributed by atoms with E-state index in [-0.39, 0.29) is 6.04 Å². The number of nitrogens with zero attached hydrogens (tertiary/aromatic N) is 5. The third-order valence-corrected chi connectivity index (χ3v) is 4.64. The summed E-state index contributed by atoms with van der Waals surface area (Å²) in [7, 11) is 1.94. The average molecular weight is 361 g/mol. The number of aromatic nitrogens is 6. The largest absolute Gasteiger partial charge is 0.358 e. The van der Waals surface area contributed by atoms with Crippen molar-refractivity contribution in [3.05, 3.63) is 54.1 Å². The van der Waals surface area contributed by atoms with E-state index in [0.717, 1.165) is 28.4 Å². The summed E-state index contributed by atoms with van der Waals surface area (Å²) in [6.07, 6.45) is 3.64. The van der Waals surface area contributed by atoms with Gasteiger partial charge in [0.15, 0.2) is 5.82 Å². The Morgan fingerprint density at radius 2 is 1.96 bits per heavy atom. The topological polar surface area (TPSA) is 84.3 Å². The first-order valence-corrected chi connectivity index (χ1v) is 9.05. The molecule has 27 heavy (non-hydrogen) atoms. The number of aromatic amines is 1. The summed E-state index contributed by atoms with van der Waals surface area (Å²) >= 11 is 0. The van der Waals surface area contributed by atoms with Gasteiger partial charge in [0.05, 0.1) is 17.1 Å². The fourth-order valence-electron chi connectivity index (χ4n) is 3.14. The van der Waals surface area contributed by atoms with Crippen LogP contribution >= 0.6 is 0 Å². The summed E-state index contributed by atoms with van der Waals surface area (Å²) < 4.78 is 1.92. The van der Waals surface area contributed by atoms with Crippen LogP contribution in [0, 0.1) is 12.8 Å². The van der Waals surface area contributed by atoms with Crippen molar-refractivity contribution in [2.45, 2.75) is 26.8 Å². The van der Waals surface area contributed by atoms with Crippen molar-refractivity contribution >= 4 is 16.9 Å². The lowest BCUT2D eigenvalue weighted by molar-refractivity contribution is 0.524. The summed E-state index contributed by atoms with van der Waals surface area (Å²) in [6, 6.07) is 10.1. The third kappa shape index (κ3) is 3.40. The van der Waals surface area contributed by atoms with Gasteiger partial charge in [-0.1, -0.05) is 19.9 Å². The molecule has 138 valence electrons. The van der Waals surface area contributed by atoms with Crippen molar-refractivity contribution in [2.75, 3.05) is 5.32 Å². The van der Waals surface area contributed by atoms with Crippen molar-refractivity contribution in [1.82, 2.24) is 29.7 Å². The number of rotatable bonds is 5. The fourth-order valence-corrected chi connectivity index (χ4v) is 3.14. The van der Waals surface area contributed by atoms with Crippen molar-refractivity contribution in [3.63, 3.8) is 0 Å². The molecule has 0 aliphatic heterocycles. The highest BCUT2D eigenvalue weighted by Gasteiger charge is 2.20. The van der Waals surface area contributed by atoms with Gasteiger partial charge in [0, 0.05) is 19.4 Å². The van der Waals surface area contributed by atoms with E-state index in [0.29, 0.717) is 11.7 Å². The van der Waals surface area contributed by atoms with Gasteiger partial charge in [-0.2, -0.15) is 0 Å². The molecule has 3 aromatic heterocycles. The van der Waals surface area contributed by atoms with Gasteiger partial charge in [-0.25, -0.2) is 9.97 Å². The fraction of sp³-hybridized carbons (Fsp3) is 0.300. The molecule has 0 unspecified atom stereocenters. The lowest BCUT2D eigenvalue weighted by atomic mass is 10.0. The number of imidazole rings is 2. The normalized spacial score (nSPS) is 12.6. The SMILES string of the molecule is Cc1ccc2nc([C@@H](Nc3ccc(-c4nccn4C)nn3)C(C)C)[nH]c2c1. The van der Waals surface area contributed by atoms with Crippen LogP contribution in [0.25, 0.3) is 22.6 Å². The first-order valence-electron chi connectivity index (χ1n) is 9.05. The second kappa shape index (κ2) is 6.83. The maximum atomic E-state index is 4.76. The Morgan fingerprint density at radius 1 is 1.11 bits per heavy atom. The van der Waals surface area contributed by atoms with Crippen LogP contribution in [0.5, 0.6) is 0 Å². The van der Waals surface area contributed by atoms with Crippen molar-refractivity contribution < 1.29 is 0 Å². The van der Waals surface area contributed by atoms with Gasteiger partial charge >= 0.3 is 0 Å². The molecule has 0 saturated heterocycles. The third-order valence-electron chi connectivity index (χ3n) is 4.64. The molecule has 0 saturated carbocycles. The molecule has 0 radical (unpaired) electrons. The number of fused-ring (bicyclic) bond motifs is 1. The van der Waals surface area contributed by atoms with E-state index >= 15 is 0 Å². The van der Waals surface area contributed by atoms with E-state index < -0.39 is 0 Å². The number of hydrogen-bond acceptors (Lipinski definition) is 5. The van der Waals surface area contributed by atoms with Crippen LogP contribution in [0.4, 0.5) is 5.82 Å². The van der Waals surface area contributed by atoms with E-state index in [4.69, 9.17) is 4.98 Å². The quantitative estimate of drug-likeness (QED) is 0.564. The average Bonchev–Trinajstić information content (AvgIpc) is 3.25. The van der Waals surface area contributed by atoms with Gasteiger partial charge < -0.3 is 14.9 Å². The molecule has 4 aromatic rings. The van der Waals surface area contributed by atoms with Gasteiger partial charge in [-0.05, 0) is 42.7 Å². The highest BCUT2D eigenvalue weighted by atomic mass is 15.2. The number of benzene rings is 1. The van der Waals surface area contributed by atoms with Crippen molar-refractivity contribution in [3.8, 4) is 11.5 Å². The van der Waals surface area contributed by atoms with Crippen LogP contribution in [-0.2, 0) is 7.05 Å². The molecule has 1 atom stereocenters. The van der Waals surface area contributed by atoms with Crippen LogP contribution in [0.1, 0.15) is 31.3 Å². The maximum absolute atomic E-state index is 4.76. The first kappa shape index (κ1) is 17.2. The summed E-state index contributed by atoms with van der Waals surface area (Å²) in [5, 5.41) is 12.1. The summed E-state index contributed by atoms with van der Waals surface area (Å²) in [5.74, 6) is 2.73. The Labute approximate surface area is 157 Å². The van der Waals surface area contributed by atoms with Gasteiger partial charge in [0.25, 0.3) is 0 Å². The minimum atomic E-state index is 0.00557. The molecular weight excluding hydrogens is 338 g/mol. The predicted molar refractivity (Wildman–Crippen MR) is 106 cm³/mol. The summed E-state index contributed by atoms with van der Waals surface area (Å²) in [6.45, 7) is 6.40. The van der Waals surface area contributed by atoms with Crippen LogP contribution in [0.3, 0.4) is 0 Å². The molecule has 7 nitrogen and oxygen atoms in total. The lowest BCUT2D eigenvalue weighted by Crippen LogP contribution is -2.19. The van der Waals surface area contributed by atoms with Crippen molar-refractivity contribution in [1.29, 1.82) is 0 Å². The molecule has 0 aliphatic carbocycles. The Hall–Kier alpha value is -3.22. The molecule has 3 heterocycles. The second-order valence-electron chi connectivity index (χ2n) is 7.17. The zero-order valence-electron chi connectivity index (χ0n) is 15.9. The van der Waals surface area contributed by atoms with Gasteiger partial charge in [-0.15, -0.1) is 10.2 Å². The zero-order chi connectivity index (χ0) is 19.0. The van der Waals surface area contributed by atoms with Crippen LogP contribution in [-0.4, -0.2) is 29.7 Å². The highest BCUT2D eigenvalue weighted by Crippen LogP contribution is 2.26. The first-order chi connectivity index (χ1) is 13.0. The molecule has 0 bridgehead atoms. The van der Waals surface area contributed by atoms with E-state index in [1.54, 1.807) is 6.20 Å². The number of aryl methyl sites for hydroxylation is 2. The van der Waals surface area contributed by atoms with E-state index in [1.807, 2.05) is 36.0 Å². The minimum absolute atomic E-state index is 0.00557. The maximum Gasteiger partial charge on any atom is 0.160 e. The van der Waals surface area contributed by atoms with Crippen LogP contribution in [0.2, 0.25) is 0 Å². The minimum Gasteiger partial charge on any atom is -0.358 e.